The van der Waals surface area contributed by atoms with E-state index in [2.05, 4.69) is 45.6 Å². The third kappa shape index (κ3) is 3.03. The zero-order valence-corrected chi connectivity index (χ0v) is 13.2. The summed E-state index contributed by atoms with van der Waals surface area (Å²) in [6, 6.07) is 13.3. The predicted octanol–water partition coefficient (Wildman–Crippen LogP) is 3.90. The molecule has 2 aromatic rings. The van der Waals surface area contributed by atoms with Gasteiger partial charge in [-0.05, 0) is 54.5 Å². The first-order chi connectivity index (χ1) is 10.2. The van der Waals surface area contributed by atoms with E-state index in [1.807, 2.05) is 6.07 Å². The van der Waals surface area contributed by atoms with Gasteiger partial charge in [0.1, 0.15) is 5.82 Å². The lowest BCUT2D eigenvalue weighted by Gasteiger charge is -2.31. The van der Waals surface area contributed by atoms with Gasteiger partial charge in [-0.15, -0.1) is 0 Å². The van der Waals surface area contributed by atoms with E-state index in [1.165, 1.54) is 17.2 Å². The molecule has 0 fully saturated rings. The molecule has 0 spiro atoms. The molecule has 4 heteroatoms. The van der Waals surface area contributed by atoms with Crippen molar-refractivity contribution in [3.63, 3.8) is 0 Å². The van der Waals surface area contributed by atoms with Crippen LogP contribution in [0.4, 0.5) is 4.39 Å². The van der Waals surface area contributed by atoms with E-state index >= 15 is 0 Å². The van der Waals surface area contributed by atoms with Crippen LogP contribution in [0.5, 0.6) is 0 Å². The number of benzene rings is 2. The molecule has 0 amide bonds. The summed E-state index contributed by atoms with van der Waals surface area (Å²) in [6.45, 7) is 0. The van der Waals surface area contributed by atoms with Gasteiger partial charge in [0.05, 0.1) is 6.04 Å². The zero-order valence-electron chi connectivity index (χ0n) is 11.7. The molecule has 0 heterocycles. The molecule has 1 aliphatic carbocycles. The molecule has 1 aliphatic rings. The van der Waals surface area contributed by atoms with Gasteiger partial charge < -0.3 is 0 Å². The van der Waals surface area contributed by atoms with Crippen LogP contribution in [0.3, 0.4) is 0 Å². The zero-order chi connectivity index (χ0) is 14.8. The highest BCUT2D eigenvalue weighted by Crippen LogP contribution is 2.35. The molecule has 2 atom stereocenters. The molecule has 0 saturated heterocycles. The van der Waals surface area contributed by atoms with Gasteiger partial charge in [-0.3, -0.25) is 11.3 Å². The maximum absolute atomic E-state index is 14.1. The standard InChI is InChI=1S/C17H18BrFN2/c18-14-7-8-16(19)15(10-14)17(21-20)13-6-5-11-3-1-2-4-12(11)9-13/h1-4,7-8,10,13,17,21H,5-6,9,20H2. The third-order valence-electron chi connectivity index (χ3n) is 4.33. The average molecular weight is 349 g/mol. The quantitative estimate of drug-likeness (QED) is 0.652. The summed E-state index contributed by atoms with van der Waals surface area (Å²) in [6.07, 6.45) is 2.96. The molecule has 0 radical (unpaired) electrons. The van der Waals surface area contributed by atoms with E-state index in [1.54, 1.807) is 6.07 Å². The first-order valence-corrected chi connectivity index (χ1v) is 7.96. The molecule has 2 aromatic carbocycles. The number of hydrogen-bond acceptors (Lipinski definition) is 2. The van der Waals surface area contributed by atoms with E-state index in [4.69, 9.17) is 5.84 Å². The Labute approximate surface area is 132 Å². The molecule has 21 heavy (non-hydrogen) atoms. The summed E-state index contributed by atoms with van der Waals surface area (Å²) in [5.74, 6) is 5.83. The monoisotopic (exact) mass is 348 g/mol. The van der Waals surface area contributed by atoms with Crippen molar-refractivity contribution in [3.05, 3.63) is 69.4 Å². The Morgan fingerprint density at radius 3 is 2.71 bits per heavy atom. The van der Waals surface area contributed by atoms with Crippen LogP contribution in [-0.4, -0.2) is 0 Å². The Morgan fingerprint density at radius 2 is 1.95 bits per heavy atom. The fraction of sp³-hybridized carbons (Fsp3) is 0.294. The number of halogens is 2. The minimum atomic E-state index is -0.208. The van der Waals surface area contributed by atoms with E-state index in [0.717, 1.165) is 23.7 Å². The van der Waals surface area contributed by atoms with Gasteiger partial charge in [-0.2, -0.15) is 0 Å². The Hall–Kier alpha value is -1.23. The summed E-state index contributed by atoms with van der Waals surface area (Å²) < 4.78 is 15.0. The molecule has 0 aliphatic heterocycles. The Balaban J connectivity index is 1.90. The number of aryl methyl sites for hydroxylation is 1. The van der Waals surface area contributed by atoms with E-state index in [9.17, 15) is 4.39 Å². The van der Waals surface area contributed by atoms with Crippen molar-refractivity contribution in [1.29, 1.82) is 0 Å². The number of hydrazine groups is 1. The second kappa shape index (κ2) is 6.26. The van der Waals surface area contributed by atoms with Crippen LogP contribution in [0.25, 0.3) is 0 Å². The summed E-state index contributed by atoms with van der Waals surface area (Å²) >= 11 is 3.41. The molecule has 110 valence electrons. The molecular formula is C17H18BrFN2. The van der Waals surface area contributed by atoms with Gasteiger partial charge in [-0.1, -0.05) is 40.2 Å². The maximum atomic E-state index is 14.1. The minimum Gasteiger partial charge on any atom is -0.271 e. The highest BCUT2D eigenvalue weighted by molar-refractivity contribution is 9.10. The van der Waals surface area contributed by atoms with Crippen LogP contribution in [0, 0.1) is 11.7 Å². The van der Waals surface area contributed by atoms with Gasteiger partial charge in [-0.25, -0.2) is 4.39 Å². The number of nitrogens with two attached hydrogens (primary N) is 1. The Morgan fingerprint density at radius 1 is 1.19 bits per heavy atom. The van der Waals surface area contributed by atoms with Crippen molar-refractivity contribution in [2.45, 2.75) is 25.3 Å². The molecule has 3 rings (SSSR count). The lowest BCUT2D eigenvalue weighted by atomic mass is 9.78. The molecular weight excluding hydrogens is 331 g/mol. The lowest BCUT2D eigenvalue weighted by molar-refractivity contribution is 0.321. The average Bonchev–Trinajstić information content (AvgIpc) is 2.51. The normalized spacial score (nSPS) is 19.1. The van der Waals surface area contributed by atoms with Crippen molar-refractivity contribution in [2.24, 2.45) is 11.8 Å². The maximum Gasteiger partial charge on any atom is 0.128 e. The number of hydrogen-bond donors (Lipinski definition) is 2. The fourth-order valence-electron chi connectivity index (χ4n) is 3.24. The molecule has 2 nitrogen and oxygen atoms in total. The largest absolute Gasteiger partial charge is 0.271 e. The van der Waals surface area contributed by atoms with Crippen LogP contribution in [0.15, 0.2) is 46.9 Å². The van der Waals surface area contributed by atoms with E-state index < -0.39 is 0 Å². The van der Waals surface area contributed by atoms with Gasteiger partial charge in [0.15, 0.2) is 0 Å². The van der Waals surface area contributed by atoms with E-state index in [0.29, 0.717) is 11.5 Å². The minimum absolute atomic E-state index is 0.171. The van der Waals surface area contributed by atoms with Crippen LogP contribution in [0.2, 0.25) is 0 Å². The fourth-order valence-corrected chi connectivity index (χ4v) is 3.62. The lowest BCUT2D eigenvalue weighted by Crippen LogP contribution is -2.36. The second-order valence-electron chi connectivity index (χ2n) is 5.58. The van der Waals surface area contributed by atoms with Gasteiger partial charge in [0.2, 0.25) is 0 Å². The molecule has 0 saturated carbocycles. The highest BCUT2D eigenvalue weighted by atomic mass is 79.9. The first-order valence-electron chi connectivity index (χ1n) is 7.17. The number of rotatable bonds is 3. The van der Waals surface area contributed by atoms with E-state index in [-0.39, 0.29) is 11.9 Å². The van der Waals surface area contributed by atoms with Crippen LogP contribution < -0.4 is 11.3 Å². The Bertz CT molecular complexity index is 644. The van der Waals surface area contributed by atoms with Crippen molar-refractivity contribution < 1.29 is 4.39 Å². The van der Waals surface area contributed by atoms with Crippen molar-refractivity contribution in [1.82, 2.24) is 5.43 Å². The van der Waals surface area contributed by atoms with Crippen molar-refractivity contribution >= 4 is 15.9 Å². The Kier molecular flexibility index (Phi) is 4.38. The number of nitrogens with one attached hydrogen (secondary N) is 1. The smallest absolute Gasteiger partial charge is 0.128 e. The van der Waals surface area contributed by atoms with Gasteiger partial charge in [0.25, 0.3) is 0 Å². The predicted molar refractivity (Wildman–Crippen MR) is 86.1 cm³/mol. The van der Waals surface area contributed by atoms with Crippen LogP contribution >= 0.6 is 15.9 Å². The SMILES string of the molecule is NNC(c1cc(Br)ccc1F)C1CCc2ccccc2C1. The summed E-state index contributed by atoms with van der Waals surface area (Å²) in [7, 11) is 0. The topological polar surface area (TPSA) is 38.0 Å². The molecule has 0 aromatic heterocycles. The number of fused-ring (bicyclic) bond motifs is 1. The molecule has 2 unspecified atom stereocenters. The summed E-state index contributed by atoms with van der Waals surface area (Å²) in [4.78, 5) is 0. The van der Waals surface area contributed by atoms with Crippen molar-refractivity contribution in [2.75, 3.05) is 0 Å². The van der Waals surface area contributed by atoms with Gasteiger partial charge >= 0.3 is 0 Å². The van der Waals surface area contributed by atoms with Gasteiger partial charge in [0, 0.05) is 10.0 Å². The molecule has 0 bridgehead atoms. The second-order valence-corrected chi connectivity index (χ2v) is 6.50. The van der Waals surface area contributed by atoms with Crippen molar-refractivity contribution in [3.8, 4) is 0 Å². The summed E-state index contributed by atoms with van der Waals surface area (Å²) in [5.41, 5.74) is 6.21. The van der Waals surface area contributed by atoms with Crippen LogP contribution in [0.1, 0.15) is 29.2 Å². The molecule has 3 N–H and O–H groups in total. The highest BCUT2D eigenvalue weighted by Gasteiger charge is 2.28. The first kappa shape index (κ1) is 14.7. The third-order valence-corrected chi connectivity index (χ3v) is 4.82. The van der Waals surface area contributed by atoms with Crippen LogP contribution in [-0.2, 0) is 12.8 Å². The summed E-state index contributed by atoms with van der Waals surface area (Å²) in [5, 5.41) is 0.